The molecule has 9 rings (SSSR count). The average Bonchev–Trinajstić information content (AvgIpc) is 3.47. The first-order chi connectivity index (χ1) is 21.3. The molecule has 0 aliphatic rings. The molecule has 0 amide bonds. The van der Waals surface area contributed by atoms with Gasteiger partial charge in [0.15, 0.2) is 0 Å². The minimum atomic E-state index is 1.01. The molecule has 0 unspecified atom stereocenters. The van der Waals surface area contributed by atoms with Gasteiger partial charge in [0, 0.05) is 21.0 Å². The summed E-state index contributed by atoms with van der Waals surface area (Å²) in [5.74, 6) is 0. The standard InChI is InChI=1S/C41H25NS/c1-2-10-26(11-3-1)39-23-22-37-36-19-9-18-30(40(36)43-41(37)42-39)29-13-8-12-27(24-29)28-20-21-35-33-16-5-4-14-31(33)32-15-6-7-17-34(32)38(35)25-28/h1-25H. The summed E-state index contributed by atoms with van der Waals surface area (Å²) in [6, 6.07) is 54.9. The van der Waals surface area contributed by atoms with Crippen LogP contribution >= 0.6 is 11.3 Å². The van der Waals surface area contributed by atoms with Gasteiger partial charge in [-0.1, -0.05) is 127 Å². The van der Waals surface area contributed by atoms with E-state index in [4.69, 9.17) is 4.98 Å². The molecule has 0 bridgehead atoms. The number of pyridine rings is 1. The fourth-order valence-electron chi connectivity index (χ4n) is 6.63. The second-order valence-corrected chi connectivity index (χ2v) is 12.1. The van der Waals surface area contributed by atoms with Crippen molar-refractivity contribution in [3.63, 3.8) is 0 Å². The van der Waals surface area contributed by atoms with Crippen molar-refractivity contribution in [1.82, 2.24) is 4.98 Å². The fourth-order valence-corrected chi connectivity index (χ4v) is 7.84. The van der Waals surface area contributed by atoms with Crippen molar-refractivity contribution >= 4 is 64.0 Å². The molecule has 2 heteroatoms. The zero-order valence-corrected chi connectivity index (χ0v) is 24.1. The van der Waals surface area contributed by atoms with Crippen LogP contribution in [0.5, 0.6) is 0 Å². The lowest BCUT2D eigenvalue weighted by molar-refractivity contribution is 1.43. The van der Waals surface area contributed by atoms with Gasteiger partial charge >= 0.3 is 0 Å². The maximum absolute atomic E-state index is 5.08. The summed E-state index contributed by atoms with van der Waals surface area (Å²) in [6.07, 6.45) is 0. The summed E-state index contributed by atoms with van der Waals surface area (Å²) in [6.45, 7) is 0. The smallest absolute Gasteiger partial charge is 0.125 e. The first-order valence-electron chi connectivity index (χ1n) is 14.6. The number of benzene rings is 7. The highest BCUT2D eigenvalue weighted by Crippen LogP contribution is 2.41. The molecule has 1 nitrogen and oxygen atoms in total. The molecule has 0 saturated carbocycles. The fraction of sp³-hybridized carbons (Fsp3) is 0. The molecule has 0 aliphatic heterocycles. The number of rotatable bonds is 3. The Bertz CT molecular complexity index is 2470. The topological polar surface area (TPSA) is 12.9 Å². The highest BCUT2D eigenvalue weighted by Gasteiger charge is 2.14. The second-order valence-electron chi connectivity index (χ2n) is 11.1. The zero-order valence-electron chi connectivity index (χ0n) is 23.3. The summed E-state index contributed by atoms with van der Waals surface area (Å²) < 4.78 is 1.28. The van der Waals surface area contributed by atoms with Crippen LogP contribution in [0.25, 0.3) is 86.1 Å². The summed E-state index contributed by atoms with van der Waals surface area (Å²) in [7, 11) is 0. The summed E-state index contributed by atoms with van der Waals surface area (Å²) in [5.41, 5.74) is 7.08. The van der Waals surface area contributed by atoms with Gasteiger partial charge in [-0.25, -0.2) is 4.98 Å². The van der Waals surface area contributed by atoms with Crippen LogP contribution in [0.1, 0.15) is 0 Å². The Balaban J connectivity index is 1.20. The Morgan fingerprint density at radius 2 is 0.907 bits per heavy atom. The van der Waals surface area contributed by atoms with Crippen LogP contribution in [0.2, 0.25) is 0 Å². The molecule has 0 fully saturated rings. The van der Waals surface area contributed by atoms with Gasteiger partial charge in [-0.3, -0.25) is 0 Å². The van der Waals surface area contributed by atoms with Crippen molar-refractivity contribution in [2.24, 2.45) is 0 Å². The second kappa shape index (κ2) is 9.62. The SMILES string of the molecule is c1ccc(-c2ccc3c(n2)sc2c(-c4cccc(-c5ccc6c7ccccc7c7ccccc7c6c5)c4)cccc23)cc1. The molecular formula is C41H25NS. The average molecular weight is 564 g/mol. The first kappa shape index (κ1) is 24.3. The van der Waals surface area contributed by atoms with Crippen molar-refractivity contribution in [2.45, 2.75) is 0 Å². The highest BCUT2D eigenvalue weighted by molar-refractivity contribution is 7.26. The third kappa shape index (κ3) is 3.88. The lowest BCUT2D eigenvalue weighted by atomic mass is 9.91. The van der Waals surface area contributed by atoms with Crippen LogP contribution in [-0.2, 0) is 0 Å². The predicted molar refractivity (Wildman–Crippen MR) is 186 cm³/mol. The summed E-state index contributed by atoms with van der Waals surface area (Å²) >= 11 is 1.79. The van der Waals surface area contributed by atoms with Crippen LogP contribution in [0.3, 0.4) is 0 Å². The minimum Gasteiger partial charge on any atom is -0.237 e. The van der Waals surface area contributed by atoms with Crippen LogP contribution in [0.4, 0.5) is 0 Å². The van der Waals surface area contributed by atoms with Gasteiger partial charge in [-0.05, 0) is 78.8 Å². The van der Waals surface area contributed by atoms with Crippen molar-refractivity contribution in [3.05, 3.63) is 152 Å². The number of thiophene rings is 1. The lowest BCUT2D eigenvalue weighted by Crippen LogP contribution is -1.86. The van der Waals surface area contributed by atoms with Crippen molar-refractivity contribution in [2.75, 3.05) is 0 Å². The minimum absolute atomic E-state index is 1.01. The van der Waals surface area contributed by atoms with Crippen LogP contribution in [0, 0.1) is 0 Å². The van der Waals surface area contributed by atoms with Crippen LogP contribution < -0.4 is 0 Å². The van der Waals surface area contributed by atoms with E-state index in [9.17, 15) is 0 Å². The highest BCUT2D eigenvalue weighted by atomic mass is 32.1. The molecule has 9 aromatic rings. The molecule has 2 aromatic heterocycles. The van der Waals surface area contributed by atoms with E-state index in [1.807, 2.05) is 6.07 Å². The van der Waals surface area contributed by atoms with Gasteiger partial charge in [0.2, 0.25) is 0 Å². The van der Waals surface area contributed by atoms with Crippen LogP contribution in [0.15, 0.2) is 152 Å². The number of hydrogen-bond acceptors (Lipinski definition) is 2. The quantitative estimate of drug-likeness (QED) is 0.195. The van der Waals surface area contributed by atoms with Crippen LogP contribution in [-0.4, -0.2) is 4.98 Å². The molecule has 200 valence electrons. The third-order valence-corrected chi connectivity index (χ3v) is 9.83. The number of hydrogen-bond donors (Lipinski definition) is 0. The Morgan fingerprint density at radius 1 is 0.349 bits per heavy atom. The lowest BCUT2D eigenvalue weighted by Gasteiger charge is -2.12. The van der Waals surface area contributed by atoms with E-state index < -0.39 is 0 Å². The molecule has 0 aliphatic carbocycles. The van der Waals surface area contributed by atoms with Gasteiger partial charge in [0.1, 0.15) is 4.83 Å². The predicted octanol–water partition coefficient (Wildman–Crippen LogP) is 11.9. The van der Waals surface area contributed by atoms with Gasteiger partial charge in [-0.15, -0.1) is 11.3 Å². The van der Waals surface area contributed by atoms with E-state index in [2.05, 4.69) is 146 Å². The van der Waals surface area contributed by atoms with Gasteiger partial charge in [0.25, 0.3) is 0 Å². The Kier molecular flexibility index (Phi) is 5.44. The largest absolute Gasteiger partial charge is 0.237 e. The number of fused-ring (bicyclic) bond motifs is 9. The molecule has 0 saturated heterocycles. The molecule has 7 aromatic carbocycles. The molecular weight excluding hydrogens is 539 g/mol. The van der Waals surface area contributed by atoms with E-state index in [1.165, 1.54) is 70.0 Å². The maximum atomic E-state index is 5.08. The molecule has 0 spiro atoms. The maximum Gasteiger partial charge on any atom is 0.125 e. The number of nitrogens with zero attached hydrogens (tertiary/aromatic N) is 1. The number of aromatic nitrogens is 1. The molecule has 0 radical (unpaired) electrons. The van der Waals surface area contributed by atoms with E-state index in [-0.39, 0.29) is 0 Å². The molecule has 0 N–H and O–H groups in total. The Hall–Kier alpha value is -5.31. The first-order valence-corrected chi connectivity index (χ1v) is 15.5. The van der Waals surface area contributed by atoms with Crippen molar-refractivity contribution in [1.29, 1.82) is 0 Å². The normalized spacial score (nSPS) is 11.7. The summed E-state index contributed by atoms with van der Waals surface area (Å²) in [4.78, 5) is 6.15. The Morgan fingerprint density at radius 3 is 1.67 bits per heavy atom. The zero-order chi connectivity index (χ0) is 28.3. The van der Waals surface area contributed by atoms with E-state index in [1.54, 1.807) is 11.3 Å². The third-order valence-electron chi connectivity index (χ3n) is 8.68. The monoisotopic (exact) mass is 563 g/mol. The van der Waals surface area contributed by atoms with Crippen molar-refractivity contribution < 1.29 is 0 Å². The van der Waals surface area contributed by atoms with Crippen molar-refractivity contribution in [3.8, 4) is 33.5 Å². The molecule has 2 heterocycles. The van der Waals surface area contributed by atoms with E-state index in [0.717, 1.165) is 16.1 Å². The molecule has 43 heavy (non-hydrogen) atoms. The van der Waals surface area contributed by atoms with Gasteiger partial charge < -0.3 is 0 Å². The van der Waals surface area contributed by atoms with E-state index >= 15 is 0 Å². The van der Waals surface area contributed by atoms with Gasteiger partial charge in [-0.2, -0.15) is 0 Å². The van der Waals surface area contributed by atoms with Gasteiger partial charge in [0.05, 0.1) is 5.69 Å². The summed E-state index contributed by atoms with van der Waals surface area (Å²) in [5, 5.41) is 10.3. The van der Waals surface area contributed by atoms with E-state index in [0.29, 0.717) is 0 Å². The Labute approximate surface area is 253 Å². The molecule has 0 atom stereocenters.